The van der Waals surface area contributed by atoms with E-state index in [0.29, 0.717) is 22.4 Å². The van der Waals surface area contributed by atoms with Crippen LogP contribution in [0.2, 0.25) is 0 Å². The summed E-state index contributed by atoms with van der Waals surface area (Å²) in [5.41, 5.74) is 0.971. The van der Waals surface area contributed by atoms with E-state index in [1.807, 2.05) is 13.8 Å². The molecule has 136 valence electrons. The third-order valence-electron chi connectivity index (χ3n) is 4.11. The van der Waals surface area contributed by atoms with E-state index in [2.05, 4.69) is 11.4 Å². The van der Waals surface area contributed by atoms with E-state index < -0.39 is 10.8 Å². The third-order valence-corrected chi connectivity index (χ3v) is 5.17. The number of carbonyl (C=O) groups is 1. The molecule has 0 radical (unpaired) electrons. The first-order valence-corrected chi connectivity index (χ1v) is 8.78. The molecule has 0 saturated carbocycles. The van der Waals surface area contributed by atoms with Gasteiger partial charge in [0.05, 0.1) is 10.5 Å². The highest BCUT2D eigenvalue weighted by Gasteiger charge is 2.19. The lowest BCUT2D eigenvalue weighted by Crippen LogP contribution is -2.20. The second-order valence-electron chi connectivity index (χ2n) is 5.73. The fourth-order valence-electron chi connectivity index (χ4n) is 2.79. The number of nitro benzene ring substituents is 1. The van der Waals surface area contributed by atoms with Gasteiger partial charge in [-0.1, -0.05) is 6.92 Å². The molecular weight excluding hydrogens is 368 g/mol. The van der Waals surface area contributed by atoms with Crippen molar-refractivity contribution in [2.24, 2.45) is 0 Å². The van der Waals surface area contributed by atoms with Crippen molar-refractivity contribution in [3.63, 3.8) is 0 Å². The predicted octanol–water partition coefficient (Wildman–Crippen LogP) is 3.88. The number of rotatable bonds is 4. The number of nitro groups is 1. The summed E-state index contributed by atoms with van der Waals surface area (Å²) in [6, 6.07) is 7.41. The lowest BCUT2D eigenvalue weighted by atomic mass is 10.1. The van der Waals surface area contributed by atoms with Gasteiger partial charge in [-0.2, -0.15) is 5.26 Å². The Kier molecular flexibility index (Phi) is 4.75. The Bertz CT molecular complexity index is 1190. The molecule has 9 heteroatoms. The standard InChI is InChI=1S/C18H14N4O4S/c1-3-12-9(2)27-18(14(12)8-19)21-17(23)13-7-10-6-11(22(24)25)4-5-15(10)26-16(13)20/h4-7,20H,3H2,1-2H3,(H,21,23). The average molecular weight is 382 g/mol. The first-order chi connectivity index (χ1) is 12.8. The molecule has 0 fully saturated rings. The number of thiophene rings is 1. The molecule has 0 saturated heterocycles. The van der Waals surface area contributed by atoms with Gasteiger partial charge in [-0.15, -0.1) is 11.3 Å². The summed E-state index contributed by atoms with van der Waals surface area (Å²) in [5, 5.41) is 31.7. The van der Waals surface area contributed by atoms with Crippen LogP contribution in [0.25, 0.3) is 11.0 Å². The van der Waals surface area contributed by atoms with E-state index in [1.54, 1.807) is 0 Å². The average Bonchev–Trinajstić information content (AvgIpc) is 2.94. The van der Waals surface area contributed by atoms with Crippen LogP contribution in [0.15, 0.2) is 28.7 Å². The summed E-state index contributed by atoms with van der Waals surface area (Å²) in [6.07, 6.45) is 0.666. The van der Waals surface area contributed by atoms with Crippen molar-refractivity contribution in [2.75, 3.05) is 5.32 Å². The van der Waals surface area contributed by atoms with Crippen LogP contribution < -0.4 is 10.9 Å². The van der Waals surface area contributed by atoms with Crippen molar-refractivity contribution in [1.29, 1.82) is 10.7 Å². The monoisotopic (exact) mass is 382 g/mol. The number of benzene rings is 1. The summed E-state index contributed by atoms with van der Waals surface area (Å²) in [4.78, 5) is 24.0. The van der Waals surface area contributed by atoms with Crippen molar-refractivity contribution >= 4 is 38.9 Å². The van der Waals surface area contributed by atoms with E-state index in [4.69, 9.17) is 9.83 Å². The van der Waals surface area contributed by atoms with Gasteiger partial charge in [-0.05, 0) is 31.0 Å². The van der Waals surface area contributed by atoms with Crippen molar-refractivity contribution in [3.05, 3.63) is 61.5 Å². The van der Waals surface area contributed by atoms with Crippen molar-refractivity contribution in [3.8, 4) is 6.07 Å². The predicted molar refractivity (Wildman–Crippen MR) is 99.8 cm³/mol. The second kappa shape index (κ2) is 7.01. The normalized spacial score (nSPS) is 10.6. The number of nitrogens with one attached hydrogen (secondary N) is 2. The van der Waals surface area contributed by atoms with Crippen LogP contribution in [-0.2, 0) is 6.42 Å². The summed E-state index contributed by atoms with van der Waals surface area (Å²) >= 11 is 1.29. The third kappa shape index (κ3) is 3.30. The maximum Gasteiger partial charge on any atom is 0.270 e. The van der Waals surface area contributed by atoms with Crippen LogP contribution in [0, 0.1) is 33.8 Å². The Morgan fingerprint density at radius 1 is 1.44 bits per heavy atom. The van der Waals surface area contributed by atoms with E-state index in [1.165, 1.54) is 35.6 Å². The number of anilines is 1. The number of nitriles is 1. The van der Waals surface area contributed by atoms with Crippen LogP contribution in [0.4, 0.5) is 10.7 Å². The summed E-state index contributed by atoms with van der Waals surface area (Å²) in [5.74, 6) is -0.613. The number of hydrogen-bond donors (Lipinski definition) is 2. The molecule has 1 amide bonds. The molecule has 1 aromatic carbocycles. The van der Waals surface area contributed by atoms with Gasteiger partial charge in [-0.25, -0.2) is 0 Å². The molecule has 2 N–H and O–H groups in total. The number of fused-ring (bicyclic) bond motifs is 1. The summed E-state index contributed by atoms with van der Waals surface area (Å²) in [6.45, 7) is 3.80. The molecular formula is C18H14N4O4S. The van der Waals surface area contributed by atoms with E-state index >= 15 is 0 Å². The van der Waals surface area contributed by atoms with Gasteiger partial charge in [0.1, 0.15) is 22.2 Å². The Balaban J connectivity index is 2.03. The minimum absolute atomic E-state index is 0.0732. The van der Waals surface area contributed by atoms with Crippen LogP contribution in [0.3, 0.4) is 0 Å². The first-order valence-electron chi connectivity index (χ1n) is 7.96. The van der Waals surface area contributed by atoms with Gasteiger partial charge < -0.3 is 9.73 Å². The van der Waals surface area contributed by atoms with Gasteiger partial charge >= 0.3 is 0 Å². The molecule has 0 atom stereocenters. The van der Waals surface area contributed by atoms with Gasteiger partial charge in [0.25, 0.3) is 11.6 Å². The van der Waals surface area contributed by atoms with E-state index in [0.717, 1.165) is 10.4 Å². The van der Waals surface area contributed by atoms with Gasteiger partial charge in [0.15, 0.2) is 0 Å². The smallest absolute Gasteiger partial charge is 0.270 e. The number of hydrogen-bond acceptors (Lipinski definition) is 7. The quantitative estimate of drug-likeness (QED) is 0.522. The van der Waals surface area contributed by atoms with Gasteiger partial charge in [0.2, 0.25) is 5.55 Å². The van der Waals surface area contributed by atoms with Crippen LogP contribution in [0.5, 0.6) is 0 Å². The topological polar surface area (TPSA) is 133 Å². The number of non-ortho nitro benzene ring substituents is 1. The molecule has 0 aliphatic heterocycles. The highest BCUT2D eigenvalue weighted by molar-refractivity contribution is 7.16. The molecule has 0 unspecified atom stereocenters. The Morgan fingerprint density at radius 2 is 2.19 bits per heavy atom. The maximum absolute atomic E-state index is 12.6. The van der Waals surface area contributed by atoms with Crippen LogP contribution in [-0.4, -0.2) is 10.8 Å². The van der Waals surface area contributed by atoms with Crippen molar-refractivity contribution in [2.45, 2.75) is 20.3 Å². The summed E-state index contributed by atoms with van der Waals surface area (Å²) in [7, 11) is 0. The van der Waals surface area contributed by atoms with Crippen molar-refractivity contribution in [1.82, 2.24) is 0 Å². The zero-order chi connectivity index (χ0) is 19.7. The molecule has 8 nitrogen and oxygen atoms in total. The van der Waals surface area contributed by atoms with E-state index in [9.17, 15) is 20.2 Å². The number of aryl methyl sites for hydroxylation is 1. The zero-order valence-corrected chi connectivity index (χ0v) is 15.3. The largest absolute Gasteiger partial charge is 0.438 e. The molecule has 0 bridgehead atoms. The Labute approximate surface area is 157 Å². The fraction of sp³-hybridized carbons (Fsp3) is 0.167. The number of amides is 1. The minimum Gasteiger partial charge on any atom is -0.438 e. The van der Waals surface area contributed by atoms with E-state index in [-0.39, 0.29) is 22.4 Å². The highest BCUT2D eigenvalue weighted by Crippen LogP contribution is 2.33. The molecule has 3 rings (SSSR count). The highest BCUT2D eigenvalue weighted by atomic mass is 32.1. The lowest BCUT2D eigenvalue weighted by molar-refractivity contribution is -0.384. The SMILES string of the molecule is CCc1c(C)sc(NC(=O)c2cc3cc([N+](=O)[O-])ccc3oc2=N)c1C#N. The summed E-state index contributed by atoms with van der Waals surface area (Å²) < 4.78 is 5.31. The minimum atomic E-state index is -0.613. The molecule has 3 aromatic rings. The Morgan fingerprint density at radius 3 is 2.81 bits per heavy atom. The fourth-order valence-corrected chi connectivity index (χ4v) is 3.88. The molecule has 0 aliphatic rings. The molecule has 2 heterocycles. The van der Waals surface area contributed by atoms with Gasteiger partial charge in [0, 0.05) is 22.4 Å². The number of nitrogens with zero attached hydrogens (tertiary/aromatic N) is 2. The van der Waals surface area contributed by atoms with Crippen LogP contribution >= 0.6 is 11.3 Å². The second-order valence-corrected chi connectivity index (χ2v) is 6.95. The maximum atomic E-state index is 12.6. The van der Waals surface area contributed by atoms with Crippen LogP contribution in [0.1, 0.15) is 33.3 Å². The van der Waals surface area contributed by atoms with Crippen molar-refractivity contribution < 1.29 is 14.1 Å². The first kappa shape index (κ1) is 18.3. The molecule has 27 heavy (non-hydrogen) atoms. The lowest BCUT2D eigenvalue weighted by Gasteiger charge is -2.05. The molecule has 2 aromatic heterocycles. The Hall–Kier alpha value is -3.51. The molecule has 0 spiro atoms. The zero-order valence-electron chi connectivity index (χ0n) is 14.5. The van der Waals surface area contributed by atoms with Gasteiger partial charge in [-0.3, -0.25) is 20.3 Å². The molecule has 0 aliphatic carbocycles. The number of carbonyl (C=O) groups excluding carboxylic acids is 1.